The number of rotatable bonds is 8. The van der Waals surface area contributed by atoms with Gasteiger partial charge < -0.3 is 14.5 Å². The molecule has 2 atom stereocenters. The molecular formula is C29H28F2N8O5. The second kappa shape index (κ2) is 11.9. The molecule has 1 aliphatic rings. The minimum absolute atomic E-state index is 0.247. The fraction of sp³-hybridized carbons (Fsp3) is 0.276. The normalized spacial score (nSPS) is 16.9. The number of aromatic nitrogens is 5. The first kappa shape index (κ1) is 29.1. The molecule has 0 bridgehead atoms. The molecule has 5 heterocycles. The first-order chi connectivity index (χ1) is 21.2. The number of oxazole rings is 1. The number of benzene rings is 1. The van der Waals surface area contributed by atoms with Crippen LogP contribution in [0.15, 0.2) is 64.1 Å². The van der Waals surface area contributed by atoms with E-state index >= 15 is 0 Å². The van der Waals surface area contributed by atoms with Crippen molar-refractivity contribution in [3.8, 4) is 16.9 Å². The van der Waals surface area contributed by atoms with Crippen molar-refractivity contribution in [3.63, 3.8) is 0 Å². The number of fused-ring (bicyclic) bond motifs is 1. The standard InChI is InChI=1S/C29H28F2N8O5/c1-16-23(17-12-22-27(33-13-17)37(2)29(41)43-22)36-39(19-7-5-4-6-8-19)26(16)35-28(40)34-21-15-38(9-10-42-3)44-24(21)18-11-20(30)25(31)32-14-18/h4-8,11-14,21,24H,9-10,15H2,1-3H3,(H2,34,35,40)/t21-,24+/m1/s1. The van der Waals surface area contributed by atoms with Crippen molar-refractivity contribution in [2.45, 2.75) is 19.1 Å². The van der Waals surface area contributed by atoms with E-state index in [0.29, 0.717) is 52.7 Å². The molecule has 0 aliphatic carbocycles. The highest BCUT2D eigenvalue weighted by Crippen LogP contribution is 2.33. The van der Waals surface area contributed by atoms with E-state index in [9.17, 15) is 18.4 Å². The number of aryl methyl sites for hydroxylation is 1. The van der Waals surface area contributed by atoms with Gasteiger partial charge in [-0.3, -0.25) is 14.7 Å². The minimum atomic E-state index is -1.23. The quantitative estimate of drug-likeness (QED) is 0.254. The Balaban J connectivity index is 1.31. The summed E-state index contributed by atoms with van der Waals surface area (Å²) in [5, 5.41) is 12.2. The van der Waals surface area contributed by atoms with Gasteiger partial charge >= 0.3 is 11.8 Å². The SMILES string of the molecule is COCCN1C[C@@H](NC(=O)Nc2c(C)c(-c3cnc4c(c3)oc(=O)n4C)nn2-c2ccccc2)[C@H](c2cnc(F)c(F)c2)O1. The Morgan fingerprint density at radius 1 is 1.16 bits per heavy atom. The lowest BCUT2D eigenvalue weighted by Gasteiger charge is -2.19. The molecule has 6 rings (SSSR count). The average molecular weight is 607 g/mol. The molecule has 44 heavy (non-hydrogen) atoms. The van der Waals surface area contributed by atoms with Crippen LogP contribution >= 0.6 is 0 Å². The van der Waals surface area contributed by atoms with Gasteiger partial charge in [-0.15, -0.1) is 0 Å². The highest BCUT2D eigenvalue weighted by molar-refractivity contribution is 5.91. The molecule has 0 unspecified atom stereocenters. The summed E-state index contributed by atoms with van der Waals surface area (Å²) in [6.07, 6.45) is 1.92. The minimum Gasteiger partial charge on any atom is -0.406 e. The van der Waals surface area contributed by atoms with Crippen LogP contribution in [0.2, 0.25) is 0 Å². The fourth-order valence-corrected chi connectivity index (χ4v) is 5.06. The van der Waals surface area contributed by atoms with Crippen molar-refractivity contribution in [3.05, 3.63) is 88.3 Å². The fourth-order valence-electron chi connectivity index (χ4n) is 5.06. The van der Waals surface area contributed by atoms with Crippen LogP contribution in [0.5, 0.6) is 0 Å². The maximum atomic E-state index is 14.0. The van der Waals surface area contributed by atoms with E-state index < -0.39 is 35.7 Å². The predicted octanol–water partition coefficient (Wildman–Crippen LogP) is 3.49. The van der Waals surface area contributed by atoms with Gasteiger partial charge in [0.2, 0.25) is 5.95 Å². The monoisotopic (exact) mass is 606 g/mol. The number of halogens is 2. The van der Waals surface area contributed by atoms with E-state index in [4.69, 9.17) is 19.1 Å². The van der Waals surface area contributed by atoms with Gasteiger partial charge in [0.25, 0.3) is 0 Å². The molecule has 2 amide bonds. The number of anilines is 1. The second-order valence-corrected chi connectivity index (χ2v) is 10.2. The molecule has 13 nitrogen and oxygen atoms in total. The van der Waals surface area contributed by atoms with Crippen molar-refractivity contribution in [1.82, 2.24) is 34.7 Å². The van der Waals surface area contributed by atoms with Crippen LogP contribution < -0.4 is 16.4 Å². The molecule has 15 heteroatoms. The Hall–Kier alpha value is -4.99. The van der Waals surface area contributed by atoms with Gasteiger partial charge in [-0.05, 0) is 31.2 Å². The number of carbonyl (C=O) groups is 1. The number of hydroxylamine groups is 2. The third-order valence-electron chi connectivity index (χ3n) is 7.29. The molecule has 1 aromatic carbocycles. The average Bonchev–Trinajstić information content (AvgIpc) is 3.66. The Kier molecular flexibility index (Phi) is 7.90. The van der Waals surface area contributed by atoms with Crippen molar-refractivity contribution in [1.29, 1.82) is 0 Å². The number of amides is 2. The van der Waals surface area contributed by atoms with Crippen molar-refractivity contribution in [2.75, 3.05) is 32.1 Å². The number of hydrogen-bond donors (Lipinski definition) is 2. The first-order valence-corrected chi connectivity index (χ1v) is 13.6. The summed E-state index contributed by atoms with van der Waals surface area (Å²) in [5.41, 5.74) is 3.33. The van der Waals surface area contributed by atoms with Crippen LogP contribution in [0.1, 0.15) is 17.2 Å². The van der Waals surface area contributed by atoms with E-state index in [1.165, 1.54) is 10.8 Å². The topological polar surface area (TPSA) is 142 Å². The molecule has 0 saturated carbocycles. The van der Waals surface area contributed by atoms with E-state index in [1.54, 1.807) is 43.1 Å². The van der Waals surface area contributed by atoms with Gasteiger partial charge in [-0.1, -0.05) is 18.2 Å². The third-order valence-corrected chi connectivity index (χ3v) is 7.29. The Bertz CT molecular complexity index is 1890. The summed E-state index contributed by atoms with van der Waals surface area (Å²) in [5.74, 6) is -2.51. The number of para-hydroxylation sites is 1. The zero-order valence-corrected chi connectivity index (χ0v) is 24.0. The molecule has 1 fully saturated rings. The number of nitrogens with zero attached hydrogens (tertiary/aromatic N) is 6. The van der Waals surface area contributed by atoms with Crippen LogP contribution in [0.25, 0.3) is 28.2 Å². The van der Waals surface area contributed by atoms with Crippen LogP contribution in [0, 0.1) is 18.7 Å². The molecule has 1 saturated heterocycles. The van der Waals surface area contributed by atoms with Gasteiger partial charge in [0.05, 0.1) is 24.0 Å². The summed E-state index contributed by atoms with van der Waals surface area (Å²) in [6, 6.07) is 10.6. The zero-order valence-electron chi connectivity index (χ0n) is 24.0. The molecule has 5 aromatic rings. The molecule has 228 valence electrons. The van der Waals surface area contributed by atoms with Gasteiger partial charge in [-0.25, -0.2) is 28.6 Å². The summed E-state index contributed by atoms with van der Waals surface area (Å²) < 4.78 is 40.9. The maximum Gasteiger partial charge on any atom is 0.420 e. The maximum absolute atomic E-state index is 14.0. The Morgan fingerprint density at radius 3 is 2.70 bits per heavy atom. The largest absolute Gasteiger partial charge is 0.420 e. The highest BCUT2D eigenvalue weighted by Gasteiger charge is 2.37. The molecule has 0 spiro atoms. The van der Waals surface area contributed by atoms with Gasteiger partial charge in [0.1, 0.15) is 11.9 Å². The van der Waals surface area contributed by atoms with Crippen molar-refractivity contribution >= 4 is 23.1 Å². The molecule has 1 aliphatic heterocycles. The Morgan fingerprint density at radius 2 is 1.95 bits per heavy atom. The van der Waals surface area contributed by atoms with Gasteiger partial charge in [-0.2, -0.15) is 14.6 Å². The van der Waals surface area contributed by atoms with Crippen molar-refractivity contribution < 1.29 is 27.6 Å². The zero-order chi connectivity index (χ0) is 31.0. The lowest BCUT2D eigenvalue weighted by molar-refractivity contribution is -0.154. The summed E-state index contributed by atoms with van der Waals surface area (Å²) in [6.45, 7) is 2.78. The second-order valence-electron chi connectivity index (χ2n) is 10.2. The predicted molar refractivity (Wildman–Crippen MR) is 154 cm³/mol. The molecule has 0 radical (unpaired) electrons. The molecular weight excluding hydrogens is 578 g/mol. The highest BCUT2D eigenvalue weighted by atomic mass is 19.2. The third kappa shape index (κ3) is 5.55. The smallest absolute Gasteiger partial charge is 0.406 e. The number of urea groups is 1. The van der Waals surface area contributed by atoms with Gasteiger partial charge in [0, 0.05) is 56.3 Å². The summed E-state index contributed by atoms with van der Waals surface area (Å²) in [7, 11) is 3.11. The number of methoxy groups -OCH3 is 1. The van der Waals surface area contributed by atoms with Gasteiger partial charge in [0.15, 0.2) is 17.0 Å². The molecule has 2 N–H and O–H groups in total. The lowest BCUT2D eigenvalue weighted by atomic mass is 10.0. The Labute approximate surface area is 249 Å². The van der Waals surface area contributed by atoms with E-state index in [2.05, 4.69) is 20.6 Å². The number of carbonyl (C=O) groups excluding carboxylic acids is 1. The van der Waals surface area contributed by atoms with Crippen LogP contribution in [0.3, 0.4) is 0 Å². The van der Waals surface area contributed by atoms with Crippen LogP contribution in [-0.2, 0) is 16.6 Å². The number of nitrogens with one attached hydrogen (secondary N) is 2. The number of pyridine rings is 2. The summed E-state index contributed by atoms with van der Waals surface area (Å²) in [4.78, 5) is 39.3. The van der Waals surface area contributed by atoms with E-state index in [-0.39, 0.29) is 12.1 Å². The first-order valence-electron chi connectivity index (χ1n) is 13.6. The summed E-state index contributed by atoms with van der Waals surface area (Å²) >= 11 is 0. The van der Waals surface area contributed by atoms with E-state index in [0.717, 1.165) is 6.07 Å². The van der Waals surface area contributed by atoms with Crippen LogP contribution in [-0.4, -0.2) is 68.3 Å². The lowest BCUT2D eigenvalue weighted by Crippen LogP contribution is -2.42. The van der Waals surface area contributed by atoms with E-state index in [1.807, 2.05) is 30.3 Å². The molecule has 4 aromatic heterocycles. The number of hydrogen-bond acceptors (Lipinski definition) is 9. The van der Waals surface area contributed by atoms with Crippen molar-refractivity contribution in [2.24, 2.45) is 7.05 Å². The number of ether oxygens (including phenoxy) is 1. The van der Waals surface area contributed by atoms with Crippen LogP contribution in [0.4, 0.5) is 19.4 Å².